The van der Waals surface area contributed by atoms with Crippen LogP contribution in [0.15, 0.2) is 24.3 Å². The largest absolute Gasteiger partial charge is 0.389 e. The summed E-state index contributed by atoms with van der Waals surface area (Å²) < 4.78 is 0. The van der Waals surface area contributed by atoms with E-state index in [-0.39, 0.29) is 11.8 Å². The Bertz CT molecular complexity index is 532. The van der Waals surface area contributed by atoms with Crippen LogP contribution < -0.4 is 0 Å². The average molecular weight is 304 g/mol. The number of fused-ring (bicyclic) bond motifs is 1. The van der Waals surface area contributed by atoms with Crippen LogP contribution >= 0.6 is 0 Å². The minimum atomic E-state index is -0.712. The van der Waals surface area contributed by atoms with Gasteiger partial charge in [-0.25, -0.2) is 0 Å². The van der Waals surface area contributed by atoms with Crippen LogP contribution in [0, 0.1) is 0 Å². The predicted octanol–water partition coefficient (Wildman–Crippen LogP) is 1.77. The number of carbonyl (C=O) groups is 2. The van der Waals surface area contributed by atoms with Crippen molar-refractivity contribution in [3.05, 3.63) is 35.4 Å². The van der Waals surface area contributed by atoms with Crippen LogP contribution in [0.25, 0.3) is 0 Å². The van der Waals surface area contributed by atoms with Gasteiger partial charge in [-0.1, -0.05) is 26.0 Å². The topological polar surface area (TPSA) is 60.9 Å². The van der Waals surface area contributed by atoms with Crippen LogP contribution in [0.2, 0.25) is 0 Å². The number of amides is 2. The van der Waals surface area contributed by atoms with Gasteiger partial charge in [-0.15, -0.1) is 0 Å². The van der Waals surface area contributed by atoms with Crippen molar-refractivity contribution in [2.24, 2.45) is 0 Å². The molecule has 2 rings (SSSR count). The molecule has 0 unspecified atom stereocenters. The number of aliphatic hydroxyl groups is 1. The van der Waals surface area contributed by atoms with Gasteiger partial charge in [0.25, 0.3) is 11.8 Å². The van der Waals surface area contributed by atoms with Gasteiger partial charge >= 0.3 is 0 Å². The van der Waals surface area contributed by atoms with E-state index in [0.717, 1.165) is 0 Å². The second-order valence-electron chi connectivity index (χ2n) is 5.98. The molecule has 1 aromatic rings. The Morgan fingerprint density at radius 2 is 1.59 bits per heavy atom. The van der Waals surface area contributed by atoms with E-state index in [4.69, 9.17) is 0 Å². The number of likely N-dealkylation sites (N-methyl/N-ethyl adjacent to an activating group) is 1. The summed E-state index contributed by atoms with van der Waals surface area (Å²) in [6.45, 7) is 5.34. The van der Waals surface area contributed by atoms with Crippen molar-refractivity contribution in [1.82, 2.24) is 9.80 Å². The van der Waals surface area contributed by atoms with E-state index < -0.39 is 5.60 Å². The summed E-state index contributed by atoms with van der Waals surface area (Å²) in [5, 5.41) is 10.3. The lowest BCUT2D eigenvalue weighted by molar-refractivity contribution is 0.00202. The molecule has 0 spiro atoms. The average Bonchev–Trinajstić information content (AvgIpc) is 2.77. The number of rotatable bonds is 7. The number of benzene rings is 1. The second-order valence-corrected chi connectivity index (χ2v) is 5.98. The van der Waals surface area contributed by atoms with Crippen molar-refractivity contribution in [3.63, 3.8) is 0 Å². The highest BCUT2D eigenvalue weighted by Gasteiger charge is 2.35. The molecule has 0 aromatic heterocycles. The fraction of sp³-hybridized carbons (Fsp3) is 0.529. The highest BCUT2D eigenvalue weighted by Crippen LogP contribution is 2.22. The molecule has 1 heterocycles. The Labute approximate surface area is 131 Å². The summed E-state index contributed by atoms with van der Waals surface area (Å²) in [6.07, 6.45) is 1.36. The van der Waals surface area contributed by atoms with E-state index in [1.807, 2.05) is 25.8 Å². The normalized spacial score (nSPS) is 14.9. The molecule has 0 bridgehead atoms. The smallest absolute Gasteiger partial charge is 0.261 e. The molecule has 0 saturated carbocycles. The predicted molar refractivity (Wildman–Crippen MR) is 84.8 cm³/mol. The number of carbonyl (C=O) groups excluding carboxylic acids is 2. The molecule has 0 fully saturated rings. The van der Waals surface area contributed by atoms with Crippen LogP contribution in [0.3, 0.4) is 0 Å². The zero-order valence-electron chi connectivity index (χ0n) is 13.5. The van der Waals surface area contributed by atoms with E-state index in [1.54, 1.807) is 24.3 Å². The van der Waals surface area contributed by atoms with Crippen molar-refractivity contribution in [2.75, 3.05) is 26.7 Å². The van der Waals surface area contributed by atoms with Crippen LogP contribution in [-0.4, -0.2) is 59.0 Å². The van der Waals surface area contributed by atoms with Crippen molar-refractivity contribution >= 4 is 11.8 Å². The van der Waals surface area contributed by atoms with Crippen molar-refractivity contribution < 1.29 is 14.7 Å². The van der Waals surface area contributed by atoms with E-state index >= 15 is 0 Å². The Hall–Kier alpha value is -1.72. The zero-order valence-corrected chi connectivity index (χ0v) is 13.5. The highest BCUT2D eigenvalue weighted by atomic mass is 16.3. The molecule has 0 aliphatic carbocycles. The van der Waals surface area contributed by atoms with Gasteiger partial charge in [0.15, 0.2) is 0 Å². The molecule has 5 heteroatoms. The van der Waals surface area contributed by atoms with Crippen LogP contribution in [0.1, 0.15) is 47.4 Å². The molecular weight excluding hydrogens is 280 g/mol. The molecule has 2 amide bonds. The maximum atomic E-state index is 12.3. The van der Waals surface area contributed by atoms with Crippen molar-refractivity contribution in [1.29, 1.82) is 0 Å². The van der Waals surface area contributed by atoms with E-state index in [2.05, 4.69) is 0 Å². The number of hydrogen-bond acceptors (Lipinski definition) is 4. The lowest BCUT2D eigenvalue weighted by atomic mass is 9.97. The van der Waals surface area contributed by atoms with Gasteiger partial charge in [-0.3, -0.25) is 14.5 Å². The molecule has 1 aliphatic heterocycles. The Balaban J connectivity index is 1.96. The summed E-state index contributed by atoms with van der Waals surface area (Å²) in [5.41, 5.74) is 0.249. The number of hydrogen-bond donors (Lipinski definition) is 1. The lowest BCUT2D eigenvalue weighted by Crippen LogP contribution is -2.44. The summed E-state index contributed by atoms with van der Waals surface area (Å²) in [6, 6.07) is 6.91. The Kier molecular flexibility index (Phi) is 4.98. The van der Waals surface area contributed by atoms with E-state index in [0.29, 0.717) is 43.6 Å². The number of imide groups is 1. The van der Waals surface area contributed by atoms with E-state index in [1.165, 1.54) is 4.90 Å². The minimum absolute atomic E-state index is 0.227. The molecular formula is C17H24N2O3. The number of nitrogens with zero attached hydrogens (tertiary/aromatic N) is 2. The van der Waals surface area contributed by atoms with Gasteiger partial charge in [0.2, 0.25) is 0 Å². The van der Waals surface area contributed by atoms with Crippen molar-refractivity contribution in [2.45, 2.75) is 32.3 Å². The highest BCUT2D eigenvalue weighted by molar-refractivity contribution is 6.21. The first-order chi connectivity index (χ1) is 10.4. The van der Waals surface area contributed by atoms with Gasteiger partial charge in [-0.05, 0) is 32.0 Å². The van der Waals surface area contributed by atoms with Gasteiger partial charge in [-0.2, -0.15) is 0 Å². The molecule has 5 nitrogen and oxygen atoms in total. The minimum Gasteiger partial charge on any atom is -0.389 e. The summed E-state index contributed by atoms with van der Waals surface area (Å²) in [7, 11) is 1.90. The summed E-state index contributed by atoms with van der Waals surface area (Å²) in [4.78, 5) is 27.8. The molecule has 0 saturated heterocycles. The van der Waals surface area contributed by atoms with Crippen LogP contribution in [-0.2, 0) is 0 Å². The van der Waals surface area contributed by atoms with Gasteiger partial charge in [0.1, 0.15) is 0 Å². The Morgan fingerprint density at radius 1 is 1.09 bits per heavy atom. The van der Waals surface area contributed by atoms with E-state index in [9.17, 15) is 14.7 Å². The molecule has 120 valence electrons. The lowest BCUT2D eigenvalue weighted by Gasteiger charge is -2.31. The first-order valence-electron chi connectivity index (χ1n) is 7.78. The molecule has 1 aliphatic rings. The third-order valence-corrected chi connectivity index (χ3v) is 4.46. The molecule has 0 radical (unpaired) electrons. The monoisotopic (exact) mass is 304 g/mol. The Morgan fingerprint density at radius 3 is 2.05 bits per heavy atom. The third kappa shape index (κ3) is 3.20. The zero-order chi connectivity index (χ0) is 16.3. The van der Waals surface area contributed by atoms with Crippen LogP contribution in [0.4, 0.5) is 0 Å². The molecule has 1 aromatic carbocycles. The quantitative estimate of drug-likeness (QED) is 0.780. The van der Waals surface area contributed by atoms with Gasteiger partial charge in [0, 0.05) is 19.6 Å². The van der Waals surface area contributed by atoms with Gasteiger partial charge in [0.05, 0.1) is 16.7 Å². The first kappa shape index (κ1) is 16.6. The standard InChI is InChI=1S/C17H24N2O3/c1-4-17(22,5-2)12-18(3)10-11-19-15(20)13-8-6-7-9-14(13)16(19)21/h6-9,22H,4-5,10-12H2,1-3H3. The molecule has 0 atom stereocenters. The first-order valence-corrected chi connectivity index (χ1v) is 7.78. The molecule has 1 N–H and O–H groups in total. The second kappa shape index (κ2) is 6.58. The van der Waals surface area contributed by atoms with Gasteiger partial charge < -0.3 is 10.0 Å². The van der Waals surface area contributed by atoms with Crippen LogP contribution in [0.5, 0.6) is 0 Å². The molecule has 22 heavy (non-hydrogen) atoms. The fourth-order valence-corrected chi connectivity index (χ4v) is 2.77. The summed E-state index contributed by atoms with van der Waals surface area (Å²) in [5.74, 6) is -0.453. The maximum Gasteiger partial charge on any atom is 0.261 e. The maximum absolute atomic E-state index is 12.3. The SMILES string of the molecule is CCC(O)(CC)CN(C)CCN1C(=O)c2ccccc2C1=O. The fourth-order valence-electron chi connectivity index (χ4n) is 2.77. The van der Waals surface area contributed by atoms with Crippen molar-refractivity contribution in [3.8, 4) is 0 Å². The third-order valence-electron chi connectivity index (χ3n) is 4.46. The summed E-state index contributed by atoms with van der Waals surface area (Å²) >= 11 is 0.